The molecule has 0 unspecified atom stereocenters. The zero-order chi connectivity index (χ0) is 12.1. The summed E-state index contributed by atoms with van der Waals surface area (Å²) in [7, 11) is 0. The maximum absolute atomic E-state index is 9.06. The van der Waals surface area contributed by atoms with Crippen molar-refractivity contribution in [1.29, 1.82) is 0 Å². The summed E-state index contributed by atoms with van der Waals surface area (Å²) in [6.45, 7) is 8.93. The standard InChI is InChI=1S/C12H21N3O/c1-5-11-8-12(14-10(4)13-11)15(6-7-16)9(2)3/h8-9,16H,5-7H2,1-4H3. The predicted molar refractivity (Wildman–Crippen MR) is 65.7 cm³/mol. The van der Waals surface area contributed by atoms with Gasteiger partial charge in [0.25, 0.3) is 0 Å². The Morgan fingerprint density at radius 1 is 1.38 bits per heavy atom. The molecule has 0 fully saturated rings. The van der Waals surface area contributed by atoms with Crippen LogP contribution in [0.25, 0.3) is 0 Å². The normalized spacial score (nSPS) is 10.9. The largest absolute Gasteiger partial charge is 0.395 e. The highest BCUT2D eigenvalue weighted by Crippen LogP contribution is 2.15. The Bertz CT molecular complexity index is 339. The molecule has 0 radical (unpaired) electrons. The van der Waals surface area contributed by atoms with Crippen LogP contribution in [0.5, 0.6) is 0 Å². The van der Waals surface area contributed by atoms with Crippen molar-refractivity contribution in [2.24, 2.45) is 0 Å². The van der Waals surface area contributed by atoms with Gasteiger partial charge in [0.15, 0.2) is 0 Å². The van der Waals surface area contributed by atoms with Gasteiger partial charge in [0.2, 0.25) is 0 Å². The summed E-state index contributed by atoms with van der Waals surface area (Å²) in [6, 6.07) is 2.33. The minimum absolute atomic E-state index is 0.142. The van der Waals surface area contributed by atoms with E-state index in [-0.39, 0.29) is 6.61 Å². The first-order chi connectivity index (χ1) is 7.58. The molecule has 1 rings (SSSR count). The van der Waals surface area contributed by atoms with Crippen molar-refractivity contribution >= 4 is 5.82 Å². The molecule has 4 nitrogen and oxygen atoms in total. The second kappa shape index (κ2) is 5.80. The van der Waals surface area contributed by atoms with Crippen molar-refractivity contribution in [3.8, 4) is 0 Å². The van der Waals surface area contributed by atoms with Gasteiger partial charge in [0.05, 0.1) is 6.61 Å². The fraction of sp³-hybridized carbons (Fsp3) is 0.667. The van der Waals surface area contributed by atoms with Crippen LogP contribution in [-0.2, 0) is 6.42 Å². The molecule has 4 heteroatoms. The molecule has 1 N–H and O–H groups in total. The molecular formula is C12H21N3O. The topological polar surface area (TPSA) is 49.2 Å². The van der Waals surface area contributed by atoms with Crippen LogP contribution >= 0.6 is 0 Å². The van der Waals surface area contributed by atoms with E-state index >= 15 is 0 Å². The number of nitrogens with zero attached hydrogens (tertiary/aromatic N) is 3. The summed E-state index contributed by atoms with van der Waals surface area (Å²) >= 11 is 0. The van der Waals surface area contributed by atoms with Gasteiger partial charge in [0, 0.05) is 24.3 Å². The highest BCUT2D eigenvalue weighted by molar-refractivity contribution is 5.40. The van der Waals surface area contributed by atoms with E-state index in [2.05, 4.69) is 35.6 Å². The highest BCUT2D eigenvalue weighted by atomic mass is 16.3. The van der Waals surface area contributed by atoms with E-state index in [1.807, 2.05) is 13.0 Å². The van der Waals surface area contributed by atoms with E-state index in [1.165, 1.54) is 0 Å². The molecule has 1 aromatic rings. The van der Waals surface area contributed by atoms with E-state index in [4.69, 9.17) is 5.11 Å². The summed E-state index contributed by atoms with van der Waals surface area (Å²) in [5, 5.41) is 9.06. The van der Waals surface area contributed by atoms with Crippen molar-refractivity contribution in [2.75, 3.05) is 18.1 Å². The summed E-state index contributed by atoms with van der Waals surface area (Å²) in [5.74, 6) is 1.70. The minimum atomic E-state index is 0.142. The molecule has 90 valence electrons. The monoisotopic (exact) mass is 223 g/mol. The number of aromatic nitrogens is 2. The second-order valence-corrected chi connectivity index (χ2v) is 4.13. The van der Waals surface area contributed by atoms with Gasteiger partial charge >= 0.3 is 0 Å². The summed E-state index contributed by atoms with van der Waals surface area (Å²) in [4.78, 5) is 10.9. The average Bonchev–Trinajstić information content (AvgIpc) is 2.24. The molecule has 0 bridgehead atoms. The fourth-order valence-corrected chi connectivity index (χ4v) is 1.69. The third kappa shape index (κ3) is 3.17. The van der Waals surface area contributed by atoms with E-state index in [9.17, 15) is 0 Å². The van der Waals surface area contributed by atoms with Crippen LogP contribution in [0.4, 0.5) is 5.82 Å². The smallest absolute Gasteiger partial charge is 0.132 e. The number of hydrogen-bond donors (Lipinski definition) is 1. The first kappa shape index (κ1) is 12.9. The van der Waals surface area contributed by atoms with Crippen LogP contribution in [0.15, 0.2) is 6.07 Å². The molecule has 0 aliphatic heterocycles. The van der Waals surface area contributed by atoms with Gasteiger partial charge in [-0.1, -0.05) is 6.92 Å². The average molecular weight is 223 g/mol. The van der Waals surface area contributed by atoms with Crippen LogP contribution in [-0.4, -0.2) is 34.3 Å². The third-order valence-corrected chi connectivity index (χ3v) is 2.50. The third-order valence-electron chi connectivity index (χ3n) is 2.50. The first-order valence-electron chi connectivity index (χ1n) is 5.80. The summed E-state index contributed by atoms with van der Waals surface area (Å²) in [5.41, 5.74) is 1.05. The van der Waals surface area contributed by atoms with Crippen molar-refractivity contribution in [3.63, 3.8) is 0 Å². The molecule has 1 aromatic heterocycles. The maximum Gasteiger partial charge on any atom is 0.132 e. The minimum Gasteiger partial charge on any atom is -0.395 e. The predicted octanol–water partition coefficient (Wildman–Crippen LogP) is 1.55. The van der Waals surface area contributed by atoms with Crippen LogP contribution in [0.3, 0.4) is 0 Å². The maximum atomic E-state index is 9.06. The number of aliphatic hydroxyl groups excluding tert-OH is 1. The summed E-state index contributed by atoms with van der Waals surface area (Å²) < 4.78 is 0. The zero-order valence-electron chi connectivity index (χ0n) is 10.6. The van der Waals surface area contributed by atoms with E-state index < -0.39 is 0 Å². The molecule has 0 amide bonds. The molecular weight excluding hydrogens is 202 g/mol. The summed E-state index contributed by atoms with van der Waals surface area (Å²) in [6.07, 6.45) is 0.904. The first-order valence-corrected chi connectivity index (χ1v) is 5.80. The van der Waals surface area contributed by atoms with Gasteiger partial charge in [0.1, 0.15) is 11.6 Å². The molecule has 1 heterocycles. The lowest BCUT2D eigenvalue weighted by molar-refractivity contribution is 0.298. The Kier molecular flexibility index (Phi) is 4.68. The Morgan fingerprint density at radius 2 is 2.06 bits per heavy atom. The highest BCUT2D eigenvalue weighted by Gasteiger charge is 2.12. The number of aliphatic hydroxyl groups is 1. The van der Waals surface area contributed by atoms with Crippen molar-refractivity contribution in [1.82, 2.24) is 9.97 Å². The Labute approximate surface area is 97.3 Å². The Morgan fingerprint density at radius 3 is 2.56 bits per heavy atom. The molecule has 16 heavy (non-hydrogen) atoms. The van der Waals surface area contributed by atoms with Gasteiger partial charge in [-0.05, 0) is 27.2 Å². The zero-order valence-corrected chi connectivity index (χ0v) is 10.6. The van der Waals surface area contributed by atoms with Gasteiger partial charge in [-0.3, -0.25) is 0 Å². The van der Waals surface area contributed by atoms with Crippen molar-refractivity contribution < 1.29 is 5.11 Å². The lowest BCUT2D eigenvalue weighted by Crippen LogP contribution is -2.34. The second-order valence-electron chi connectivity index (χ2n) is 4.13. The lowest BCUT2D eigenvalue weighted by Gasteiger charge is -2.27. The number of anilines is 1. The molecule has 0 saturated carbocycles. The van der Waals surface area contributed by atoms with Crippen LogP contribution < -0.4 is 4.90 Å². The van der Waals surface area contributed by atoms with Gasteiger partial charge in [-0.25, -0.2) is 9.97 Å². The van der Waals surface area contributed by atoms with Gasteiger partial charge in [-0.15, -0.1) is 0 Å². The molecule has 0 aliphatic rings. The van der Waals surface area contributed by atoms with E-state index in [0.717, 1.165) is 23.8 Å². The quantitative estimate of drug-likeness (QED) is 0.823. The van der Waals surface area contributed by atoms with Gasteiger partial charge in [-0.2, -0.15) is 0 Å². The number of aryl methyl sites for hydroxylation is 2. The SMILES string of the molecule is CCc1cc(N(CCO)C(C)C)nc(C)n1. The van der Waals surface area contributed by atoms with Crippen molar-refractivity contribution in [3.05, 3.63) is 17.6 Å². The Hall–Kier alpha value is -1.16. The van der Waals surface area contributed by atoms with Gasteiger partial charge < -0.3 is 10.0 Å². The molecule has 0 atom stereocenters. The molecule has 0 aromatic carbocycles. The van der Waals surface area contributed by atoms with Crippen LogP contribution in [0.2, 0.25) is 0 Å². The van der Waals surface area contributed by atoms with Crippen LogP contribution in [0.1, 0.15) is 32.3 Å². The molecule has 0 aliphatic carbocycles. The number of hydrogen-bond acceptors (Lipinski definition) is 4. The van der Waals surface area contributed by atoms with E-state index in [1.54, 1.807) is 0 Å². The fourth-order valence-electron chi connectivity index (χ4n) is 1.69. The molecule has 0 saturated heterocycles. The van der Waals surface area contributed by atoms with Crippen molar-refractivity contribution in [2.45, 2.75) is 40.2 Å². The Balaban J connectivity index is 3.03. The molecule has 0 spiro atoms. The number of rotatable bonds is 5. The van der Waals surface area contributed by atoms with Crippen LogP contribution in [0, 0.1) is 6.92 Å². The van der Waals surface area contributed by atoms with E-state index in [0.29, 0.717) is 12.6 Å². The lowest BCUT2D eigenvalue weighted by atomic mass is 10.2.